The van der Waals surface area contributed by atoms with Gasteiger partial charge in [-0.25, -0.2) is 0 Å². The van der Waals surface area contributed by atoms with Gasteiger partial charge in [-0.3, -0.25) is 14.4 Å². The maximum absolute atomic E-state index is 14.2. The molecule has 0 saturated carbocycles. The highest BCUT2D eigenvalue weighted by atomic mass is 16.2. The van der Waals surface area contributed by atoms with E-state index in [2.05, 4.69) is 35.6 Å². The lowest BCUT2D eigenvalue weighted by atomic mass is 9.75. The number of hydrogen-bond acceptors (Lipinski definition) is 4. The molecule has 1 amide bonds. The van der Waals surface area contributed by atoms with Gasteiger partial charge in [0, 0.05) is 31.7 Å². The van der Waals surface area contributed by atoms with Crippen molar-refractivity contribution in [3.63, 3.8) is 0 Å². The van der Waals surface area contributed by atoms with Crippen LogP contribution < -0.4 is 5.32 Å². The summed E-state index contributed by atoms with van der Waals surface area (Å²) in [6, 6.07) is 15.8. The van der Waals surface area contributed by atoms with Gasteiger partial charge in [0.15, 0.2) is 5.78 Å². The molecule has 1 aliphatic heterocycles. The van der Waals surface area contributed by atoms with E-state index in [4.69, 9.17) is 0 Å². The van der Waals surface area contributed by atoms with Crippen LogP contribution in [0.1, 0.15) is 81.5 Å². The van der Waals surface area contributed by atoms with Crippen molar-refractivity contribution in [1.82, 2.24) is 10.2 Å². The number of fused-ring (bicyclic) bond motifs is 2. The summed E-state index contributed by atoms with van der Waals surface area (Å²) >= 11 is 0. The first-order chi connectivity index (χ1) is 17.6. The number of aryl methyl sites for hydroxylation is 1. The Labute approximate surface area is 222 Å². The number of nitrogens with zero attached hydrogens (tertiary/aromatic N) is 1. The third kappa shape index (κ3) is 6.04. The Morgan fingerprint density at radius 1 is 1.00 bits per heavy atom. The normalized spacial score (nSPS) is 20.9. The molecule has 198 valence electrons. The minimum atomic E-state index is -0.502. The lowest BCUT2D eigenvalue weighted by Gasteiger charge is -2.41. The lowest BCUT2D eigenvalue weighted by Crippen LogP contribution is -2.53. The Balaban J connectivity index is 1.63. The average molecular weight is 503 g/mol. The van der Waals surface area contributed by atoms with Crippen molar-refractivity contribution in [3.8, 4) is 0 Å². The van der Waals surface area contributed by atoms with Crippen molar-refractivity contribution >= 4 is 17.5 Å². The second-order valence-corrected chi connectivity index (χ2v) is 12.0. The topological polar surface area (TPSA) is 66.5 Å². The SMILES string of the molecule is CN[C@@H](C)C(=O)C[C@H](C(=O)N1Cc2ccccc2C[C@H]1C(=O)C[C@@H]1CCCc2ccccc21)C(C)(C)C. The summed E-state index contributed by atoms with van der Waals surface area (Å²) in [5.41, 5.74) is 4.45. The van der Waals surface area contributed by atoms with Crippen LogP contribution in [-0.2, 0) is 33.8 Å². The van der Waals surface area contributed by atoms with Gasteiger partial charge in [-0.15, -0.1) is 0 Å². The Hall–Kier alpha value is -2.79. The van der Waals surface area contributed by atoms with Crippen LogP contribution in [-0.4, -0.2) is 41.5 Å². The number of carbonyl (C=O) groups is 3. The zero-order valence-corrected chi connectivity index (χ0v) is 23.0. The molecule has 0 aromatic heterocycles. The van der Waals surface area contributed by atoms with Crippen molar-refractivity contribution in [2.24, 2.45) is 11.3 Å². The molecule has 4 rings (SSSR count). The minimum absolute atomic E-state index is 0.0230. The van der Waals surface area contributed by atoms with Crippen LogP contribution in [0.15, 0.2) is 48.5 Å². The number of nitrogens with one attached hydrogen (secondary N) is 1. The van der Waals surface area contributed by atoms with Gasteiger partial charge in [0.1, 0.15) is 5.78 Å². The van der Waals surface area contributed by atoms with Gasteiger partial charge in [-0.05, 0) is 66.8 Å². The van der Waals surface area contributed by atoms with Crippen LogP contribution in [0.2, 0.25) is 0 Å². The summed E-state index contributed by atoms with van der Waals surface area (Å²) in [6.45, 7) is 8.29. The van der Waals surface area contributed by atoms with E-state index in [0.29, 0.717) is 19.4 Å². The number of benzene rings is 2. The van der Waals surface area contributed by atoms with Crippen LogP contribution in [0.3, 0.4) is 0 Å². The number of hydrogen-bond donors (Lipinski definition) is 1. The largest absolute Gasteiger partial charge is 0.328 e. The highest BCUT2D eigenvalue weighted by molar-refractivity contribution is 5.94. The van der Waals surface area contributed by atoms with E-state index in [9.17, 15) is 14.4 Å². The maximum atomic E-state index is 14.2. The summed E-state index contributed by atoms with van der Waals surface area (Å²) < 4.78 is 0. The van der Waals surface area contributed by atoms with Crippen LogP contribution in [0, 0.1) is 11.3 Å². The molecule has 1 aliphatic carbocycles. The summed E-state index contributed by atoms with van der Waals surface area (Å²) in [7, 11) is 1.76. The fourth-order valence-corrected chi connectivity index (χ4v) is 5.99. The molecule has 5 nitrogen and oxygen atoms in total. The molecule has 37 heavy (non-hydrogen) atoms. The molecule has 2 aromatic carbocycles. The number of Topliss-reactive ketones (excluding diaryl/α,β-unsaturated/α-hetero) is 2. The monoisotopic (exact) mass is 502 g/mol. The van der Waals surface area contributed by atoms with Crippen LogP contribution >= 0.6 is 0 Å². The summed E-state index contributed by atoms with van der Waals surface area (Å²) in [6.07, 6.45) is 4.30. The zero-order valence-electron chi connectivity index (χ0n) is 23.0. The smallest absolute Gasteiger partial charge is 0.227 e. The molecule has 0 saturated heterocycles. The predicted octanol–water partition coefficient (Wildman–Crippen LogP) is 5.25. The average Bonchev–Trinajstić information content (AvgIpc) is 2.89. The molecule has 0 spiro atoms. The van der Waals surface area contributed by atoms with Crippen LogP contribution in [0.5, 0.6) is 0 Å². The first kappa shape index (κ1) is 27.3. The third-order valence-corrected chi connectivity index (χ3v) is 8.51. The van der Waals surface area contributed by atoms with Gasteiger partial charge < -0.3 is 10.2 Å². The number of likely N-dealkylation sites (N-methyl/N-ethyl adjacent to an activating group) is 1. The summed E-state index contributed by atoms with van der Waals surface area (Å²) in [4.78, 5) is 42.9. The molecular formula is C32H42N2O3. The number of ketones is 2. The van der Waals surface area contributed by atoms with Gasteiger partial charge in [0.05, 0.1) is 12.1 Å². The van der Waals surface area contributed by atoms with E-state index in [1.54, 1.807) is 11.9 Å². The van der Waals surface area contributed by atoms with E-state index < -0.39 is 17.4 Å². The summed E-state index contributed by atoms with van der Waals surface area (Å²) in [5, 5.41) is 3.01. The van der Waals surface area contributed by atoms with E-state index >= 15 is 0 Å². The zero-order chi connectivity index (χ0) is 26.7. The Morgan fingerprint density at radius 3 is 2.32 bits per heavy atom. The van der Waals surface area contributed by atoms with Gasteiger partial charge >= 0.3 is 0 Å². The molecule has 4 atom stereocenters. The number of amides is 1. The number of carbonyl (C=O) groups excluding carboxylic acids is 3. The van der Waals surface area contributed by atoms with Crippen LogP contribution in [0.25, 0.3) is 0 Å². The van der Waals surface area contributed by atoms with E-state index in [1.807, 2.05) is 45.9 Å². The second-order valence-electron chi connectivity index (χ2n) is 12.0. The maximum Gasteiger partial charge on any atom is 0.227 e. The van der Waals surface area contributed by atoms with E-state index in [-0.39, 0.29) is 35.9 Å². The third-order valence-electron chi connectivity index (χ3n) is 8.51. The highest BCUT2D eigenvalue weighted by Gasteiger charge is 2.42. The molecule has 0 unspecified atom stereocenters. The van der Waals surface area contributed by atoms with Crippen molar-refractivity contribution in [1.29, 1.82) is 0 Å². The lowest BCUT2D eigenvalue weighted by molar-refractivity contribution is -0.149. The van der Waals surface area contributed by atoms with Crippen molar-refractivity contribution in [2.75, 3.05) is 7.05 Å². The minimum Gasteiger partial charge on any atom is -0.328 e. The standard InChI is InChI=1S/C32H42N2O3/c1-21(33-5)29(35)19-27(32(2,3)4)31(37)34-20-25-13-7-6-12-23(25)17-28(34)30(36)18-24-15-10-14-22-11-8-9-16-26(22)24/h6-9,11-13,16,21,24,27-28,33H,10,14-15,17-20H2,1-5H3/t21-,24-,27+,28-/m0/s1. The fraction of sp³-hybridized carbons (Fsp3) is 0.531. The van der Waals surface area contributed by atoms with E-state index in [1.165, 1.54) is 11.1 Å². The van der Waals surface area contributed by atoms with Crippen molar-refractivity contribution in [3.05, 3.63) is 70.8 Å². The molecule has 0 bridgehead atoms. The molecule has 2 aliphatic rings. The molecule has 1 heterocycles. The first-order valence-corrected chi connectivity index (χ1v) is 13.8. The summed E-state index contributed by atoms with van der Waals surface area (Å²) in [5.74, 6) is -0.224. The van der Waals surface area contributed by atoms with Gasteiger partial charge in [-0.1, -0.05) is 69.3 Å². The Kier molecular flexibility index (Phi) is 8.33. The Morgan fingerprint density at radius 2 is 1.65 bits per heavy atom. The molecular weight excluding hydrogens is 460 g/mol. The van der Waals surface area contributed by atoms with Crippen LogP contribution in [0.4, 0.5) is 0 Å². The van der Waals surface area contributed by atoms with Crippen molar-refractivity contribution < 1.29 is 14.4 Å². The fourth-order valence-electron chi connectivity index (χ4n) is 5.99. The molecule has 2 aromatic rings. The molecule has 1 N–H and O–H groups in total. The van der Waals surface area contributed by atoms with E-state index in [0.717, 1.165) is 30.4 Å². The predicted molar refractivity (Wildman–Crippen MR) is 147 cm³/mol. The van der Waals surface area contributed by atoms with Crippen molar-refractivity contribution in [2.45, 2.75) is 90.8 Å². The number of rotatable bonds is 8. The van der Waals surface area contributed by atoms with Gasteiger partial charge in [-0.2, -0.15) is 0 Å². The molecule has 0 radical (unpaired) electrons. The van der Waals surface area contributed by atoms with Gasteiger partial charge in [0.2, 0.25) is 5.91 Å². The quantitative estimate of drug-likeness (QED) is 0.536. The highest BCUT2D eigenvalue weighted by Crippen LogP contribution is 2.37. The Bertz CT molecular complexity index is 1150. The van der Waals surface area contributed by atoms with Gasteiger partial charge in [0.25, 0.3) is 0 Å². The molecule has 5 heteroatoms. The second kappa shape index (κ2) is 11.3. The molecule has 0 fully saturated rings. The first-order valence-electron chi connectivity index (χ1n) is 13.8.